The van der Waals surface area contributed by atoms with E-state index in [1.807, 2.05) is 0 Å². The third kappa shape index (κ3) is 2.01. The third-order valence-corrected chi connectivity index (χ3v) is 4.32. The van der Waals surface area contributed by atoms with Crippen LogP contribution in [-0.4, -0.2) is 38.9 Å². The van der Waals surface area contributed by atoms with E-state index in [1.54, 1.807) is 0 Å². The highest BCUT2D eigenvalue weighted by Crippen LogP contribution is 2.45. The Morgan fingerprint density at radius 3 is 2.41 bits per heavy atom. The molecule has 4 aliphatic rings. The van der Waals surface area contributed by atoms with Crippen molar-refractivity contribution >= 4 is 0 Å². The molecule has 1 atom stereocenters. The second-order valence-corrected chi connectivity index (χ2v) is 5.76. The van der Waals surface area contributed by atoms with Crippen LogP contribution in [0.25, 0.3) is 0 Å². The zero-order valence-electron chi connectivity index (χ0n) is 10.7. The molecule has 98 valence electrons. The number of nitrogens with one attached hydrogen (secondary N) is 1. The van der Waals surface area contributed by atoms with Gasteiger partial charge in [0.2, 0.25) is 0 Å². The fraction of sp³-hybridized carbons (Fsp3) is 1.00. The van der Waals surface area contributed by atoms with Gasteiger partial charge in [0.25, 0.3) is 5.97 Å². The van der Waals surface area contributed by atoms with E-state index < -0.39 is 5.97 Å². The molecule has 17 heavy (non-hydrogen) atoms. The van der Waals surface area contributed by atoms with Gasteiger partial charge in [0.15, 0.2) is 0 Å². The lowest BCUT2D eigenvalue weighted by atomic mass is 9.82. The lowest BCUT2D eigenvalue weighted by molar-refractivity contribution is -0.487. The summed E-state index contributed by atoms with van der Waals surface area (Å²) in [6.07, 6.45) is 4.61. The van der Waals surface area contributed by atoms with Crippen LogP contribution in [0.4, 0.5) is 0 Å². The molecule has 0 aromatic heterocycles. The lowest BCUT2D eigenvalue weighted by Crippen LogP contribution is -2.64. The highest BCUT2D eigenvalue weighted by atomic mass is 16.9. The van der Waals surface area contributed by atoms with Crippen molar-refractivity contribution in [3.05, 3.63) is 0 Å². The van der Waals surface area contributed by atoms with Crippen LogP contribution in [0.5, 0.6) is 0 Å². The lowest BCUT2D eigenvalue weighted by Gasteiger charge is -2.55. The molecule has 4 rings (SSSR count). The van der Waals surface area contributed by atoms with Gasteiger partial charge in [-0.05, 0) is 25.8 Å². The maximum Gasteiger partial charge on any atom is 0.287 e. The largest absolute Gasteiger partial charge is 0.326 e. The predicted molar refractivity (Wildman–Crippen MR) is 63.5 cm³/mol. The normalized spacial score (nSPS) is 46.1. The van der Waals surface area contributed by atoms with Gasteiger partial charge in [-0.1, -0.05) is 13.3 Å². The Hall–Kier alpha value is -0.160. The summed E-state index contributed by atoms with van der Waals surface area (Å²) in [6, 6.07) is 0. The van der Waals surface area contributed by atoms with Crippen molar-refractivity contribution in [1.29, 1.82) is 0 Å². The van der Waals surface area contributed by atoms with Crippen LogP contribution in [0, 0.1) is 11.3 Å². The van der Waals surface area contributed by atoms with E-state index in [1.165, 1.54) is 6.42 Å². The average molecular weight is 241 g/mol. The second-order valence-electron chi connectivity index (χ2n) is 5.76. The first-order chi connectivity index (χ1) is 8.29. The van der Waals surface area contributed by atoms with E-state index in [0.29, 0.717) is 5.92 Å². The zero-order valence-corrected chi connectivity index (χ0v) is 10.7. The van der Waals surface area contributed by atoms with Crippen LogP contribution < -0.4 is 5.32 Å². The van der Waals surface area contributed by atoms with Gasteiger partial charge < -0.3 is 19.5 Å². The highest BCUT2D eigenvalue weighted by molar-refractivity contribution is 4.91. The van der Waals surface area contributed by atoms with E-state index in [2.05, 4.69) is 12.2 Å². The van der Waals surface area contributed by atoms with Crippen LogP contribution in [0.3, 0.4) is 0 Å². The summed E-state index contributed by atoms with van der Waals surface area (Å²) in [6.45, 7) is 6.66. The summed E-state index contributed by atoms with van der Waals surface area (Å²) in [5, 5.41) is 3.40. The molecule has 4 heteroatoms. The zero-order chi connectivity index (χ0) is 11.8. The minimum Gasteiger partial charge on any atom is -0.326 e. The fourth-order valence-corrected chi connectivity index (χ4v) is 3.27. The fourth-order valence-electron chi connectivity index (χ4n) is 3.27. The van der Waals surface area contributed by atoms with Gasteiger partial charge >= 0.3 is 0 Å². The first-order valence-corrected chi connectivity index (χ1v) is 6.91. The molecular weight excluding hydrogens is 218 g/mol. The van der Waals surface area contributed by atoms with Crippen molar-refractivity contribution in [3.8, 4) is 0 Å². The minimum atomic E-state index is -0.733. The third-order valence-electron chi connectivity index (χ3n) is 4.32. The summed E-state index contributed by atoms with van der Waals surface area (Å²) in [5.74, 6) is -0.390. The molecule has 0 radical (unpaired) electrons. The number of ether oxygens (including phenoxy) is 3. The van der Waals surface area contributed by atoms with E-state index in [9.17, 15) is 0 Å². The van der Waals surface area contributed by atoms with Crippen LogP contribution in [0.2, 0.25) is 0 Å². The summed E-state index contributed by atoms with van der Waals surface area (Å²) in [4.78, 5) is 0. The number of hydrogen-bond donors (Lipinski definition) is 1. The summed E-state index contributed by atoms with van der Waals surface area (Å²) in [7, 11) is 0. The molecule has 0 aliphatic carbocycles. The summed E-state index contributed by atoms with van der Waals surface area (Å²) >= 11 is 0. The van der Waals surface area contributed by atoms with Gasteiger partial charge in [-0.15, -0.1) is 0 Å². The highest BCUT2D eigenvalue weighted by Gasteiger charge is 2.55. The molecule has 0 aromatic rings. The first kappa shape index (κ1) is 11.9. The van der Waals surface area contributed by atoms with Crippen LogP contribution >= 0.6 is 0 Å². The molecule has 0 saturated carbocycles. The first-order valence-electron chi connectivity index (χ1n) is 6.91. The maximum atomic E-state index is 5.98. The van der Waals surface area contributed by atoms with Crippen LogP contribution in [0.15, 0.2) is 0 Å². The molecule has 0 spiro atoms. The van der Waals surface area contributed by atoms with E-state index in [4.69, 9.17) is 14.2 Å². The number of rotatable bonds is 3. The Kier molecular flexibility index (Phi) is 3.15. The Labute approximate surface area is 103 Å². The monoisotopic (exact) mass is 241 g/mol. The van der Waals surface area contributed by atoms with Crippen molar-refractivity contribution in [2.75, 3.05) is 32.9 Å². The van der Waals surface area contributed by atoms with Crippen molar-refractivity contribution < 1.29 is 14.2 Å². The molecule has 1 unspecified atom stereocenters. The minimum absolute atomic E-state index is 0.124. The summed E-state index contributed by atoms with van der Waals surface area (Å²) in [5.41, 5.74) is 0.124. The van der Waals surface area contributed by atoms with Crippen LogP contribution in [-0.2, 0) is 14.2 Å². The van der Waals surface area contributed by atoms with Gasteiger partial charge in [-0.25, -0.2) is 0 Å². The molecule has 4 saturated heterocycles. The molecule has 4 heterocycles. The molecule has 4 nitrogen and oxygen atoms in total. The Bertz CT molecular complexity index is 251. The second kappa shape index (κ2) is 4.50. The SMILES string of the molecule is CCCC12COC(C3CCCNC3)(OC1)OC2. The molecule has 4 aliphatic heterocycles. The van der Waals surface area contributed by atoms with E-state index in [-0.39, 0.29) is 5.41 Å². The Morgan fingerprint density at radius 1 is 1.18 bits per heavy atom. The molecule has 0 amide bonds. The smallest absolute Gasteiger partial charge is 0.287 e. The van der Waals surface area contributed by atoms with Crippen molar-refractivity contribution in [3.63, 3.8) is 0 Å². The number of piperidine rings is 1. The summed E-state index contributed by atoms with van der Waals surface area (Å²) < 4.78 is 17.9. The van der Waals surface area contributed by atoms with E-state index in [0.717, 1.165) is 52.2 Å². The topological polar surface area (TPSA) is 39.7 Å². The van der Waals surface area contributed by atoms with Crippen molar-refractivity contribution in [2.24, 2.45) is 11.3 Å². The van der Waals surface area contributed by atoms with Crippen LogP contribution in [0.1, 0.15) is 32.6 Å². The predicted octanol–water partition coefficient (Wildman–Crippen LogP) is 1.50. The van der Waals surface area contributed by atoms with Crippen molar-refractivity contribution in [1.82, 2.24) is 5.32 Å². The van der Waals surface area contributed by atoms with Gasteiger partial charge in [-0.3, -0.25) is 0 Å². The van der Waals surface area contributed by atoms with Gasteiger partial charge in [-0.2, -0.15) is 0 Å². The van der Waals surface area contributed by atoms with Gasteiger partial charge in [0, 0.05) is 12.0 Å². The molecule has 2 bridgehead atoms. The van der Waals surface area contributed by atoms with Crippen molar-refractivity contribution in [2.45, 2.75) is 38.6 Å². The average Bonchev–Trinajstić information content (AvgIpc) is 2.42. The number of fused-ring (bicyclic) bond motifs is 3. The standard InChI is InChI=1S/C13H23NO3/c1-2-5-12-8-15-13(16-9-12,17-10-12)11-4-3-6-14-7-11/h11,14H,2-10H2,1H3. The Balaban J connectivity index is 1.68. The molecule has 4 fully saturated rings. The Morgan fingerprint density at radius 2 is 1.88 bits per heavy atom. The van der Waals surface area contributed by atoms with Gasteiger partial charge in [0.05, 0.1) is 25.7 Å². The molecule has 0 aromatic carbocycles. The molecular formula is C13H23NO3. The molecule has 1 N–H and O–H groups in total. The van der Waals surface area contributed by atoms with Gasteiger partial charge in [0.1, 0.15) is 0 Å². The number of hydrogen-bond acceptors (Lipinski definition) is 4. The van der Waals surface area contributed by atoms with E-state index >= 15 is 0 Å². The quantitative estimate of drug-likeness (QED) is 0.813. The maximum absolute atomic E-state index is 5.98.